The van der Waals surface area contributed by atoms with Gasteiger partial charge in [-0.2, -0.15) is 4.31 Å². The Balaban J connectivity index is 1.59. The molecule has 0 N–H and O–H groups in total. The highest BCUT2D eigenvalue weighted by atomic mass is 32.2. The lowest BCUT2D eigenvalue weighted by atomic mass is 10.2. The fourth-order valence-corrected chi connectivity index (χ4v) is 4.65. The third-order valence-corrected chi connectivity index (χ3v) is 6.71. The van der Waals surface area contributed by atoms with Gasteiger partial charge in [-0.05, 0) is 31.2 Å². The van der Waals surface area contributed by atoms with Crippen molar-refractivity contribution in [3.63, 3.8) is 0 Å². The molecule has 0 aromatic heterocycles. The fraction of sp³-hybridized carbons (Fsp3) is 0.350. The van der Waals surface area contributed by atoms with Crippen molar-refractivity contribution in [1.29, 1.82) is 0 Å². The molecule has 0 unspecified atom stereocenters. The molecule has 1 heterocycles. The number of carbonyl (C=O) groups is 1. The quantitative estimate of drug-likeness (QED) is 0.761. The summed E-state index contributed by atoms with van der Waals surface area (Å²) in [5.74, 6) is 0.0254. The van der Waals surface area contributed by atoms with Crippen molar-refractivity contribution in [1.82, 2.24) is 9.21 Å². The molecule has 7 heteroatoms. The van der Waals surface area contributed by atoms with Gasteiger partial charge in [0.05, 0.1) is 11.4 Å². The second kappa shape index (κ2) is 8.54. The predicted octanol–water partition coefficient (Wildman–Crippen LogP) is 2.05. The molecule has 0 aliphatic carbocycles. The van der Waals surface area contributed by atoms with Gasteiger partial charge in [-0.1, -0.05) is 36.4 Å². The van der Waals surface area contributed by atoms with Crippen molar-refractivity contribution in [3.8, 4) is 0 Å². The first-order chi connectivity index (χ1) is 13.0. The summed E-state index contributed by atoms with van der Waals surface area (Å²) < 4.78 is 26.8. The monoisotopic (exact) mass is 387 g/mol. The second-order valence-corrected chi connectivity index (χ2v) is 8.39. The van der Waals surface area contributed by atoms with Gasteiger partial charge in [0.2, 0.25) is 15.9 Å². The van der Waals surface area contributed by atoms with Gasteiger partial charge in [-0.15, -0.1) is 0 Å². The Morgan fingerprint density at radius 3 is 2.04 bits per heavy atom. The Kier molecular flexibility index (Phi) is 6.13. The van der Waals surface area contributed by atoms with Gasteiger partial charge in [-0.3, -0.25) is 4.79 Å². The zero-order valence-corrected chi connectivity index (χ0v) is 16.3. The summed E-state index contributed by atoms with van der Waals surface area (Å²) >= 11 is 0. The summed E-state index contributed by atoms with van der Waals surface area (Å²) in [5.41, 5.74) is 1.01. The normalized spacial score (nSPS) is 15.5. The highest BCUT2D eigenvalue weighted by Crippen LogP contribution is 2.18. The van der Waals surface area contributed by atoms with Crippen LogP contribution in [0.25, 0.3) is 0 Å². The van der Waals surface area contributed by atoms with E-state index < -0.39 is 10.0 Å². The molecule has 0 radical (unpaired) electrons. The predicted molar refractivity (Wildman–Crippen MR) is 106 cm³/mol. The number of sulfonamides is 1. The van der Waals surface area contributed by atoms with Crippen LogP contribution in [0.2, 0.25) is 0 Å². The number of nitrogens with zero attached hydrogens (tertiary/aromatic N) is 3. The van der Waals surface area contributed by atoms with E-state index in [1.165, 1.54) is 4.31 Å². The Hall–Kier alpha value is -2.38. The number of hydrogen-bond donors (Lipinski definition) is 0. The van der Waals surface area contributed by atoms with Crippen LogP contribution in [0.5, 0.6) is 0 Å². The Labute approximate surface area is 161 Å². The van der Waals surface area contributed by atoms with Crippen LogP contribution in [0.15, 0.2) is 65.6 Å². The summed E-state index contributed by atoms with van der Waals surface area (Å²) in [7, 11) is -3.50. The number of piperazine rings is 1. The number of carbonyl (C=O) groups excluding carboxylic acids is 1. The molecule has 3 rings (SSSR count). The highest BCUT2D eigenvalue weighted by Gasteiger charge is 2.30. The lowest BCUT2D eigenvalue weighted by Crippen LogP contribution is -2.52. The molecule has 1 saturated heterocycles. The Morgan fingerprint density at radius 2 is 1.48 bits per heavy atom. The van der Waals surface area contributed by atoms with Crippen molar-refractivity contribution in [2.45, 2.75) is 11.8 Å². The van der Waals surface area contributed by atoms with Crippen molar-refractivity contribution >= 4 is 21.6 Å². The van der Waals surface area contributed by atoms with Crippen LogP contribution < -0.4 is 4.90 Å². The first-order valence-electron chi connectivity index (χ1n) is 9.15. The first-order valence-corrected chi connectivity index (χ1v) is 10.6. The van der Waals surface area contributed by atoms with E-state index in [0.29, 0.717) is 37.6 Å². The van der Waals surface area contributed by atoms with Crippen molar-refractivity contribution in [2.75, 3.05) is 44.2 Å². The van der Waals surface area contributed by atoms with Crippen LogP contribution in [-0.2, 0) is 14.8 Å². The van der Waals surface area contributed by atoms with E-state index in [9.17, 15) is 13.2 Å². The molecule has 0 atom stereocenters. The molecule has 2 aromatic rings. The minimum Gasteiger partial charge on any atom is -0.362 e. The zero-order chi connectivity index (χ0) is 19.3. The Morgan fingerprint density at radius 1 is 0.926 bits per heavy atom. The van der Waals surface area contributed by atoms with Gasteiger partial charge in [0.15, 0.2) is 0 Å². The summed E-state index contributed by atoms with van der Waals surface area (Å²) in [4.78, 5) is 16.8. The number of hydrogen-bond acceptors (Lipinski definition) is 4. The number of amides is 1. The second-order valence-electron chi connectivity index (χ2n) is 6.45. The number of anilines is 1. The third kappa shape index (κ3) is 4.48. The molecule has 0 saturated carbocycles. The van der Waals surface area contributed by atoms with Crippen LogP contribution in [0, 0.1) is 0 Å². The van der Waals surface area contributed by atoms with Crippen LogP contribution in [0.4, 0.5) is 5.69 Å². The van der Waals surface area contributed by atoms with Crippen LogP contribution in [-0.4, -0.2) is 62.8 Å². The number of likely N-dealkylation sites (N-methyl/N-ethyl adjacent to an activating group) is 1. The van der Waals surface area contributed by atoms with E-state index >= 15 is 0 Å². The standard InChI is InChI=1S/C20H25N3O3S/c1-2-21(18-9-5-3-6-10-18)17-20(24)22-13-15-23(16-14-22)27(25,26)19-11-7-4-8-12-19/h3-12H,2,13-17H2,1H3. The molecule has 144 valence electrons. The minimum absolute atomic E-state index is 0.0254. The largest absolute Gasteiger partial charge is 0.362 e. The van der Waals surface area contributed by atoms with E-state index in [-0.39, 0.29) is 5.91 Å². The Bertz CT molecular complexity index is 849. The van der Waals surface area contributed by atoms with Crippen molar-refractivity contribution < 1.29 is 13.2 Å². The lowest BCUT2D eigenvalue weighted by Gasteiger charge is -2.35. The summed E-state index contributed by atoms with van der Waals surface area (Å²) in [6, 6.07) is 18.3. The number of para-hydroxylation sites is 1. The fourth-order valence-electron chi connectivity index (χ4n) is 3.21. The zero-order valence-electron chi connectivity index (χ0n) is 15.5. The van der Waals surface area contributed by atoms with E-state index in [2.05, 4.69) is 0 Å². The molecule has 0 bridgehead atoms. The average molecular weight is 388 g/mol. The molecule has 1 aliphatic rings. The molecule has 2 aromatic carbocycles. The van der Waals surface area contributed by atoms with Crippen LogP contribution >= 0.6 is 0 Å². The smallest absolute Gasteiger partial charge is 0.243 e. The van der Waals surface area contributed by atoms with E-state index in [1.54, 1.807) is 35.2 Å². The maximum absolute atomic E-state index is 12.7. The molecule has 1 aliphatic heterocycles. The van der Waals surface area contributed by atoms with Gasteiger partial charge in [0.1, 0.15) is 0 Å². The molecular formula is C20H25N3O3S. The molecule has 1 amide bonds. The minimum atomic E-state index is -3.50. The van der Waals surface area contributed by atoms with Gasteiger partial charge in [0.25, 0.3) is 0 Å². The third-order valence-electron chi connectivity index (χ3n) is 4.80. The highest BCUT2D eigenvalue weighted by molar-refractivity contribution is 7.89. The van der Waals surface area contributed by atoms with Crippen LogP contribution in [0.3, 0.4) is 0 Å². The molecule has 6 nitrogen and oxygen atoms in total. The average Bonchev–Trinajstić information content (AvgIpc) is 2.73. The van der Waals surface area contributed by atoms with Crippen molar-refractivity contribution in [2.24, 2.45) is 0 Å². The van der Waals surface area contributed by atoms with Gasteiger partial charge < -0.3 is 9.80 Å². The van der Waals surface area contributed by atoms with Crippen molar-refractivity contribution in [3.05, 3.63) is 60.7 Å². The summed E-state index contributed by atoms with van der Waals surface area (Å²) in [5, 5.41) is 0. The molecule has 0 spiro atoms. The number of benzene rings is 2. The first kappa shape index (κ1) is 19.4. The van der Waals surface area contributed by atoms with E-state index in [1.807, 2.05) is 42.2 Å². The maximum Gasteiger partial charge on any atom is 0.243 e. The molecular weight excluding hydrogens is 362 g/mol. The van der Waals surface area contributed by atoms with Gasteiger partial charge in [-0.25, -0.2) is 8.42 Å². The summed E-state index contributed by atoms with van der Waals surface area (Å²) in [6.07, 6.45) is 0. The molecule has 27 heavy (non-hydrogen) atoms. The maximum atomic E-state index is 12.7. The summed E-state index contributed by atoms with van der Waals surface area (Å²) in [6.45, 7) is 4.52. The topological polar surface area (TPSA) is 60.9 Å². The SMILES string of the molecule is CCN(CC(=O)N1CCN(S(=O)(=O)c2ccccc2)CC1)c1ccccc1. The number of rotatable bonds is 6. The molecule has 1 fully saturated rings. The van der Waals surface area contributed by atoms with Gasteiger partial charge in [0, 0.05) is 38.4 Å². The van der Waals surface area contributed by atoms with Crippen LogP contribution in [0.1, 0.15) is 6.92 Å². The van der Waals surface area contributed by atoms with E-state index in [0.717, 1.165) is 12.2 Å². The van der Waals surface area contributed by atoms with Gasteiger partial charge >= 0.3 is 0 Å². The lowest BCUT2D eigenvalue weighted by molar-refractivity contribution is -0.130. The van der Waals surface area contributed by atoms with E-state index in [4.69, 9.17) is 0 Å².